The highest BCUT2D eigenvalue weighted by molar-refractivity contribution is 6.51. The number of aliphatic hydroxyl groups excluding tert-OH is 1. The first kappa shape index (κ1) is 22.6. The summed E-state index contributed by atoms with van der Waals surface area (Å²) >= 11 is 6.20. The summed E-state index contributed by atoms with van der Waals surface area (Å²) < 4.78 is 5.53. The van der Waals surface area contributed by atoms with Crippen molar-refractivity contribution in [1.29, 1.82) is 0 Å². The van der Waals surface area contributed by atoms with Crippen LogP contribution in [0.15, 0.2) is 66.5 Å². The standard InChI is InChI=1S/C26H21ClN4O4/c1-3-35-20-12-15(7-8-17(20)27)23(32)21-22(16-5-4-10-28-13-16)31(25(34)24(21)33)26-29-18-9-6-14(2)11-19(18)30-26/h4-13,22,32H,3H2,1-2H3,(H,29,30)/b23-21+. The molecule has 35 heavy (non-hydrogen) atoms. The molecule has 1 aliphatic rings. The zero-order chi connectivity index (χ0) is 24.7. The Labute approximate surface area is 205 Å². The molecule has 1 unspecified atom stereocenters. The fraction of sp³-hybridized carbons (Fsp3) is 0.154. The molecular weight excluding hydrogens is 468 g/mol. The van der Waals surface area contributed by atoms with Crippen LogP contribution in [0.1, 0.15) is 29.7 Å². The van der Waals surface area contributed by atoms with E-state index < -0.39 is 17.7 Å². The van der Waals surface area contributed by atoms with Gasteiger partial charge in [-0.3, -0.25) is 19.5 Å². The van der Waals surface area contributed by atoms with Crippen LogP contribution < -0.4 is 9.64 Å². The smallest absolute Gasteiger partial charge is 0.302 e. The fourth-order valence-corrected chi connectivity index (χ4v) is 4.37. The Hall–Kier alpha value is -4.17. The van der Waals surface area contributed by atoms with Crippen LogP contribution >= 0.6 is 11.6 Å². The van der Waals surface area contributed by atoms with Crippen LogP contribution in [-0.4, -0.2) is 38.4 Å². The van der Waals surface area contributed by atoms with Crippen LogP contribution in [0.3, 0.4) is 0 Å². The molecule has 0 bridgehead atoms. The van der Waals surface area contributed by atoms with Crippen molar-refractivity contribution in [3.05, 3.63) is 88.2 Å². The molecule has 8 nitrogen and oxygen atoms in total. The minimum Gasteiger partial charge on any atom is -0.507 e. The third-order valence-corrected chi connectivity index (χ3v) is 6.11. The number of Topliss-reactive ketones (excluding diaryl/α,β-unsaturated/α-hetero) is 1. The SMILES string of the molecule is CCOc1cc(/C(O)=C2\C(=O)C(=O)N(c3nc4ccc(C)cc4[nH]3)C2c2cccnc2)ccc1Cl. The number of rotatable bonds is 5. The first-order valence-electron chi connectivity index (χ1n) is 11.0. The number of hydrogen-bond acceptors (Lipinski definition) is 6. The van der Waals surface area contributed by atoms with Crippen LogP contribution in [0.25, 0.3) is 16.8 Å². The monoisotopic (exact) mass is 488 g/mol. The van der Waals surface area contributed by atoms with Gasteiger partial charge in [0.15, 0.2) is 0 Å². The molecule has 1 saturated heterocycles. The van der Waals surface area contributed by atoms with Crippen LogP contribution in [0.2, 0.25) is 5.02 Å². The Morgan fingerprint density at radius 2 is 2.03 bits per heavy atom. The molecule has 2 aromatic heterocycles. The second-order valence-corrected chi connectivity index (χ2v) is 8.52. The number of carbonyl (C=O) groups excluding carboxylic acids is 2. The summed E-state index contributed by atoms with van der Waals surface area (Å²) in [5.41, 5.74) is 3.16. The summed E-state index contributed by atoms with van der Waals surface area (Å²) in [5, 5.41) is 11.7. The van der Waals surface area contributed by atoms with Gasteiger partial charge < -0.3 is 14.8 Å². The number of pyridine rings is 1. The van der Waals surface area contributed by atoms with E-state index in [1.807, 2.05) is 32.0 Å². The quantitative estimate of drug-likeness (QED) is 0.234. The first-order chi connectivity index (χ1) is 16.9. The van der Waals surface area contributed by atoms with Gasteiger partial charge in [0.25, 0.3) is 5.78 Å². The van der Waals surface area contributed by atoms with Gasteiger partial charge in [-0.25, -0.2) is 4.98 Å². The molecule has 4 aromatic rings. The number of ether oxygens (including phenoxy) is 1. The highest BCUT2D eigenvalue weighted by Gasteiger charge is 2.48. The van der Waals surface area contributed by atoms with E-state index in [1.165, 1.54) is 4.90 Å². The number of aromatic nitrogens is 3. The van der Waals surface area contributed by atoms with Crippen molar-refractivity contribution in [2.75, 3.05) is 11.5 Å². The maximum absolute atomic E-state index is 13.3. The van der Waals surface area contributed by atoms with Crippen molar-refractivity contribution in [3.63, 3.8) is 0 Å². The van der Waals surface area contributed by atoms with Gasteiger partial charge in [-0.15, -0.1) is 0 Å². The Balaban J connectivity index is 1.70. The van der Waals surface area contributed by atoms with E-state index >= 15 is 0 Å². The number of benzene rings is 2. The average Bonchev–Trinajstić information content (AvgIpc) is 3.38. The molecule has 0 spiro atoms. The molecule has 1 amide bonds. The van der Waals surface area contributed by atoms with Gasteiger partial charge in [-0.1, -0.05) is 23.7 Å². The predicted molar refractivity (Wildman–Crippen MR) is 132 cm³/mol. The predicted octanol–water partition coefficient (Wildman–Crippen LogP) is 4.94. The van der Waals surface area contributed by atoms with Crippen molar-refractivity contribution >= 4 is 46.0 Å². The molecule has 9 heteroatoms. The number of aromatic amines is 1. The van der Waals surface area contributed by atoms with E-state index in [2.05, 4.69) is 15.0 Å². The van der Waals surface area contributed by atoms with Gasteiger partial charge in [-0.05, 0) is 61.4 Å². The topological polar surface area (TPSA) is 108 Å². The molecule has 5 rings (SSSR count). The van der Waals surface area contributed by atoms with Crippen LogP contribution in [0.4, 0.5) is 5.95 Å². The van der Waals surface area contributed by atoms with Gasteiger partial charge >= 0.3 is 5.91 Å². The lowest BCUT2D eigenvalue weighted by atomic mass is 9.96. The van der Waals surface area contributed by atoms with E-state index in [9.17, 15) is 14.7 Å². The second kappa shape index (κ2) is 8.88. The highest BCUT2D eigenvalue weighted by atomic mass is 35.5. The Morgan fingerprint density at radius 3 is 2.77 bits per heavy atom. The Morgan fingerprint density at radius 1 is 1.20 bits per heavy atom. The molecule has 176 valence electrons. The van der Waals surface area contributed by atoms with Crippen molar-refractivity contribution in [3.8, 4) is 5.75 Å². The normalized spacial score (nSPS) is 17.3. The van der Waals surface area contributed by atoms with Crippen LogP contribution in [0, 0.1) is 6.92 Å². The first-order valence-corrected chi connectivity index (χ1v) is 11.4. The number of hydrogen-bond donors (Lipinski definition) is 2. The average molecular weight is 489 g/mol. The van der Waals surface area contributed by atoms with Gasteiger partial charge in [0.05, 0.1) is 34.3 Å². The Kier molecular flexibility index (Phi) is 5.74. The number of amides is 1. The summed E-state index contributed by atoms with van der Waals surface area (Å²) in [4.78, 5) is 39.7. The van der Waals surface area contributed by atoms with E-state index in [1.54, 1.807) is 42.7 Å². The highest BCUT2D eigenvalue weighted by Crippen LogP contribution is 2.42. The van der Waals surface area contributed by atoms with Crippen molar-refractivity contribution in [2.45, 2.75) is 19.9 Å². The number of carbonyl (C=O) groups is 2. The van der Waals surface area contributed by atoms with E-state index in [-0.39, 0.29) is 17.3 Å². The molecular formula is C26H21ClN4O4. The molecule has 1 atom stereocenters. The van der Waals surface area contributed by atoms with Crippen LogP contribution in [-0.2, 0) is 9.59 Å². The number of aryl methyl sites for hydroxylation is 1. The second-order valence-electron chi connectivity index (χ2n) is 8.11. The molecule has 2 N–H and O–H groups in total. The number of anilines is 1. The molecule has 1 aliphatic heterocycles. The summed E-state index contributed by atoms with van der Waals surface area (Å²) in [6.45, 7) is 4.13. The van der Waals surface area contributed by atoms with Crippen LogP contribution in [0.5, 0.6) is 5.75 Å². The van der Waals surface area contributed by atoms with Gasteiger partial charge in [0.1, 0.15) is 11.5 Å². The largest absolute Gasteiger partial charge is 0.507 e. The maximum Gasteiger partial charge on any atom is 0.302 e. The number of nitrogens with zero attached hydrogens (tertiary/aromatic N) is 3. The molecule has 0 aliphatic carbocycles. The zero-order valence-electron chi connectivity index (χ0n) is 18.9. The third kappa shape index (κ3) is 3.91. The molecule has 3 heterocycles. The van der Waals surface area contributed by atoms with Gasteiger partial charge in [-0.2, -0.15) is 0 Å². The lowest BCUT2D eigenvalue weighted by Crippen LogP contribution is -2.30. The van der Waals surface area contributed by atoms with Gasteiger partial charge in [0.2, 0.25) is 5.95 Å². The third-order valence-electron chi connectivity index (χ3n) is 5.80. The molecule has 0 saturated carbocycles. The number of imidazole rings is 1. The number of halogens is 1. The summed E-state index contributed by atoms with van der Waals surface area (Å²) in [5.74, 6) is -1.43. The van der Waals surface area contributed by atoms with E-state index in [0.29, 0.717) is 34.0 Å². The van der Waals surface area contributed by atoms with Crippen molar-refractivity contribution in [2.24, 2.45) is 0 Å². The van der Waals surface area contributed by atoms with Crippen molar-refractivity contribution < 1.29 is 19.4 Å². The fourth-order valence-electron chi connectivity index (χ4n) is 4.20. The van der Waals surface area contributed by atoms with E-state index in [0.717, 1.165) is 11.1 Å². The van der Waals surface area contributed by atoms with Gasteiger partial charge in [0, 0.05) is 18.0 Å². The minimum atomic E-state index is -0.948. The van der Waals surface area contributed by atoms with E-state index in [4.69, 9.17) is 16.3 Å². The number of fused-ring (bicyclic) bond motifs is 1. The molecule has 0 radical (unpaired) electrons. The number of ketones is 1. The maximum atomic E-state index is 13.3. The summed E-state index contributed by atoms with van der Waals surface area (Å²) in [6, 6.07) is 12.8. The summed E-state index contributed by atoms with van der Waals surface area (Å²) in [6.07, 6.45) is 3.14. The molecule has 1 fully saturated rings. The number of nitrogens with one attached hydrogen (secondary N) is 1. The molecule has 2 aromatic carbocycles. The minimum absolute atomic E-state index is 0.0793. The lowest BCUT2D eigenvalue weighted by molar-refractivity contribution is -0.132. The number of H-pyrrole nitrogens is 1. The van der Waals surface area contributed by atoms with Crippen molar-refractivity contribution in [1.82, 2.24) is 15.0 Å². The zero-order valence-corrected chi connectivity index (χ0v) is 19.7. The number of aliphatic hydroxyl groups is 1. The summed E-state index contributed by atoms with van der Waals surface area (Å²) in [7, 11) is 0. The lowest BCUT2D eigenvalue weighted by Gasteiger charge is -2.22. The Bertz CT molecular complexity index is 1500.